The van der Waals surface area contributed by atoms with Gasteiger partial charge in [0, 0.05) is 82.4 Å². The Bertz CT molecular complexity index is 5980. The van der Waals surface area contributed by atoms with Gasteiger partial charge in [0.2, 0.25) is 0 Å². The van der Waals surface area contributed by atoms with E-state index < -0.39 is 0 Å². The summed E-state index contributed by atoms with van der Waals surface area (Å²) in [5, 5.41) is 15.0. The molecule has 0 bridgehead atoms. The maximum atomic E-state index is 15.4. The number of aldehydes is 1. The van der Waals surface area contributed by atoms with E-state index in [1.54, 1.807) is 12.1 Å². The first-order chi connectivity index (χ1) is 51.7. The molecule has 15 aromatic rings. The average Bonchev–Trinajstić information content (AvgIpc) is 0.700. The van der Waals surface area contributed by atoms with E-state index in [1.807, 2.05) is 127 Å². The monoisotopic (exact) mass is 1410 g/mol. The standard InChI is InChI=1S/C99H80N2O7/c1-53(2)80-48-59(49-81(54(3)4)92(80)100-94(103)76-37-33-70-66-17-15-19-74-84(107-64-29-25-62(26-30-64)98(9,10)11)43-41-68(86(66)74)72-35-39-78(96(100)105)90(76)88(70)72)23-21-57-45-58(47-61(46-57)52-102)22-24-60-50-82(55(5)6)93(83(51-60)56(7)8)101-95(104)77-38-34-71-67-18-16-20-75-85(108-65-31-27-63(28-32-65)99(12,13)14)44-42-69(87(67)75)73-36-40-79(97(101)106)91(77)89(71)73/h15-20,25-56H,1-14H3. The van der Waals surface area contributed by atoms with Crippen molar-refractivity contribution in [1.29, 1.82) is 0 Å². The molecule has 4 amide bonds. The van der Waals surface area contributed by atoms with Crippen LogP contribution in [0.4, 0.5) is 11.4 Å². The minimum Gasteiger partial charge on any atom is -0.457 e. The minimum atomic E-state index is -0.384. The van der Waals surface area contributed by atoms with E-state index in [0.29, 0.717) is 72.2 Å². The Balaban J connectivity index is 0.675. The number of imide groups is 2. The molecule has 0 saturated heterocycles. The molecule has 0 aromatic heterocycles. The van der Waals surface area contributed by atoms with Gasteiger partial charge < -0.3 is 9.47 Å². The maximum absolute atomic E-state index is 15.4. The third kappa shape index (κ3) is 11.0. The normalized spacial score (nSPS) is 13.4. The number of benzene rings is 15. The first kappa shape index (κ1) is 68.7. The lowest BCUT2D eigenvalue weighted by Gasteiger charge is -2.33. The molecule has 0 unspecified atom stereocenters. The Kier molecular flexibility index (Phi) is 16.1. The molecule has 2 aliphatic heterocycles. The van der Waals surface area contributed by atoms with Crippen LogP contribution in [-0.2, 0) is 10.8 Å². The van der Waals surface area contributed by atoms with E-state index in [-0.39, 0.29) is 58.1 Å². The SMILES string of the molecule is CC(C)c1cc(C#Cc2cc(C#Cc3cc(C(C)C)c(N4C(=O)c5ccc6c7cccc8c(Oc9ccc(C(C)(C)C)cc9)ccc(c9ccc(c5c69)C4=O)c87)c(C(C)C)c3)cc(C=O)c2)cc(C(C)C)c1N1C(=O)c2ccc3c4cccc5c(Oc6ccc(C(C)(C)C)cc6)ccc(c6ccc(c2c36)C1=O)c54. The Morgan fingerprint density at radius 3 is 0.889 bits per heavy atom. The summed E-state index contributed by atoms with van der Waals surface area (Å²) in [6.07, 6.45) is 0.789. The van der Waals surface area contributed by atoms with Gasteiger partial charge in [-0.05, 0) is 237 Å². The number of nitrogens with zero attached hydrogens (tertiary/aromatic N) is 2. The van der Waals surface area contributed by atoms with Crippen LogP contribution < -0.4 is 19.3 Å². The van der Waals surface area contributed by atoms with Crippen LogP contribution in [0.25, 0.3) is 86.2 Å². The fourth-order valence-corrected chi connectivity index (χ4v) is 16.7. The molecule has 2 aliphatic rings. The molecule has 2 heterocycles. The Labute approximate surface area is 628 Å². The largest absolute Gasteiger partial charge is 0.457 e. The van der Waals surface area contributed by atoms with Crippen LogP contribution in [0.15, 0.2) is 200 Å². The Morgan fingerprint density at radius 1 is 0.315 bits per heavy atom. The molecular formula is C99H80N2O7. The van der Waals surface area contributed by atoms with Crippen molar-refractivity contribution in [2.75, 3.05) is 9.80 Å². The summed E-state index contributed by atoms with van der Waals surface area (Å²) in [5.41, 5.74) is 11.6. The summed E-state index contributed by atoms with van der Waals surface area (Å²) >= 11 is 0. The van der Waals surface area contributed by atoms with E-state index in [0.717, 1.165) is 127 Å². The smallest absolute Gasteiger partial charge is 0.266 e. The third-order valence-electron chi connectivity index (χ3n) is 22.2. The van der Waals surface area contributed by atoms with Crippen LogP contribution in [0.5, 0.6) is 23.0 Å². The number of hydrogen-bond donors (Lipinski definition) is 0. The van der Waals surface area contributed by atoms with Crippen molar-refractivity contribution in [1.82, 2.24) is 0 Å². The van der Waals surface area contributed by atoms with Gasteiger partial charge in [-0.2, -0.15) is 0 Å². The zero-order valence-corrected chi connectivity index (χ0v) is 63.2. The molecule has 9 nitrogen and oxygen atoms in total. The molecular weight excluding hydrogens is 1330 g/mol. The lowest BCUT2D eigenvalue weighted by atomic mass is 9.83. The number of rotatable bonds is 11. The van der Waals surface area contributed by atoms with Crippen LogP contribution in [0, 0.1) is 23.7 Å². The molecule has 9 heteroatoms. The number of fused-ring (bicyclic) bond motifs is 4. The van der Waals surface area contributed by atoms with Crippen molar-refractivity contribution >= 4 is 127 Å². The second-order valence-electron chi connectivity index (χ2n) is 32.6. The summed E-state index contributed by atoms with van der Waals surface area (Å²) in [5.74, 6) is 14.5. The van der Waals surface area contributed by atoms with E-state index >= 15 is 19.2 Å². The highest BCUT2D eigenvalue weighted by Crippen LogP contribution is 2.51. The first-order valence-electron chi connectivity index (χ1n) is 37.4. The number of carbonyl (C=O) groups is 5. The summed E-state index contributed by atoms with van der Waals surface area (Å²) in [7, 11) is 0. The highest BCUT2D eigenvalue weighted by atomic mass is 16.5. The van der Waals surface area contributed by atoms with Crippen molar-refractivity contribution in [3.8, 4) is 46.7 Å². The second-order valence-corrected chi connectivity index (χ2v) is 32.6. The zero-order chi connectivity index (χ0) is 75.4. The lowest BCUT2D eigenvalue weighted by molar-refractivity contribution is 0.0877. The van der Waals surface area contributed by atoms with E-state index in [1.165, 1.54) is 20.9 Å². The molecule has 17 rings (SSSR count). The number of ether oxygens (including phenoxy) is 2. The van der Waals surface area contributed by atoms with E-state index in [9.17, 15) is 4.79 Å². The van der Waals surface area contributed by atoms with Crippen molar-refractivity contribution in [3.05, 3.63) is 284 Å². The van der Waals surface area contributed by atoms with Crippen molar-refractivity contribution in [2.45, 2.75) is 131 Å². The summed E-state index contributed by atoms with van der Waals surface area (Å²) in [6.45, 7) is 29.7. The van der Waals surface area contributed by atoms with Gasteiger partial charge in [-0.25, -0.2) is 9.80 Å². The molecule has 0 spiro atoms. The average molecular weight is 1410 g/mol. The van der Waals surface area contributed by atoms with Gasteiger partial charge in [-0.3, -0.25) is 24.0 Å². The number of anilines is 2. The van der Waals surface area contributed by atoms with E-state index in [4.69, 9.17) is 9.47 Å². The van der Waals surface area contributed by atoms with Gasteiger partial charge in [0.25, 0.3) is 23.6 Å². The van der Waals surface area contributed by atoms with Gasteiger partial charge >= 0.3 is 0 Å². The van der Waals surface area contributed by atoms with Crippen LogP contribution in [0.1, 0.15) is 228 Å². The molecule has 0 atom stereocenters. The van der Waals surface area contributed by atoms with Gasteiger partial charge in [-0.1, -0.05) is 206 Å². The topological polar surface area (TPSA) is 110 Å². The highest BCUT2D eigenvalue weighted by Gasteiger charge is 2.41. The predicted molar refractivity (Wildman–Crippen MR) is 441 cm³/mol. The quantitative estimate of drug-likeness (QED) is 0.0417. The van der Waals surface area contributed by atoms with Crippen LogP contribution in [0.3, 0.4) is 0 Å². The third-order valence-corrected chi connectivity index (χ3v) is 22.2. The molecule has 0 radical (unpaired) electrons. The van der Waals surface area contributed by atoms with Crippen LogP contribution >= 0.6 is 0 Å². The first-order valence-corrected chi connectivity index (χ1v) is 37.4. The van der Waals surface area contributed by atoms with Crippen molar-refractivity contribution in [3.63, 3.8) is 0 Å². The van der Waals surface area contributed by atoms with Gasteiger partial charge in [0.15, 0.2) is 0 Å². The van der Waals surface area contributed by atoms with Gasteiger partial charge in [-0.15, -0.1) is 0 Å². The lowest BCUT2D eigenvalue weighted by Crippen LogP contribution is -2.41. The minimum absolute atomic E-state index is 0.0125. The summed E-state index contributed by atoms with van der Waals surface area (Å²) in [6, 6.07) is 66.2. The number of amides is 4. The predicted octanol–water partition coefficient (Wildman–Crippen LogP) is 24.7. The number of hydrogen-bond acceptors (Lipinski definition) is 7. The van der Waals surface area contributed by atoms with Gasteiger partial charge in [0.05, 0.1) is 11.4 Å². The maximum Gasteiger partial charge on any atom is 0.266 e. The zero-order valence-electron chi connectivity index (χ0n) is 63.2. The number of carbonyl (C=O) groups excluding carboxylic acids is 5. The fourth-order valence-electron chi connectivity index (χ4n) is 16.7. The Morgan fingerprint density at radius 2 is 0.593 bits per heavy atom. The summed E-state index contributed by atoms with van der Waals surface area (Å²) in [4.78, 5) is 77.3. The fraction of sp³-hybridized carbons (Fsp3) is 0.202. The molecule has 0 N–H and O–H groups in total. The molecule has 108 heavy (non-hydrogen) atoms. The second kappa shape index (κ2) is 25.4. The molecule has 0 aliphatic carbocycles. The molecule has 0 saturated carbocycles. The van der Waals surface area contributed by atoms with Crippen molar-refractivity contribution < 1.29 is 33.4 Å². The molecule has 15 aromatic carbocycles. The Hall–Kier alpha value is -12.4. The van der Waals surface area contributed by atoms with Crippen LogP contribution in [-0.4, -0.2) is 29.9 Å². The summed E-state index contributed by atoms with van der Waals surface area (Å²) < 4.78 is 13.2. The molecule has 0 fully saturated rings. The highest BCUT2D eigenvalue weighted by molar-refractivity contribution is 6.44. The van der Waals surface area contributed by atoms with Gasteiger partial charge in [0.1, 0.15) is 29.3 Å². The molecule has 528 valence electrons. The van der Waals surface area contributed by atoms with E-state index in [2.05, 4.69) is 181 Å². The van der Waals surface area contributed by atoms with Crippen molar-refractivity contribution in [2.24, 2.45) is 0 Å². The van der Waals surface area contributed by atoms with Crippen LogP contribution in [0.2, 0.25) is 0 Å².